The molecular formula is C18H26ClFN2O. The molecule has 1 aromatic carbocycles. The van der Waals surface area contributed by atoms with Crippen LogP contribution in [0.3, 0.4) is 0 Å². The summed E-state index contributed by atoms with van der Waals surface area (Å²) in [6.07, 6.45) is 2.55. The van der Waals surface area contributed by atoms with E-state index in [4.69, 9.17) is 11.6 Å². The standard InChI is InChI=1S/C18H26ClFN2O/c1-4-18(2,3)21-17(23)13-7-9-22(10-8-13)12-14-5-6-15(19)11-16(14)20/h5-6,11,13H,4,7-10,12H2,1-3H3,(H,21,23). The first kappa shape index (κ1) is 18.2. The number of hydrogen-bond donors (Lipinski definition) is 1. The Kier molecular flexibility index (Phi) is 6.04. The van der Waals surface area contributed by atoms with E-state index in [0.29, 0.717) is 17.1 Å². The number of amides is 1. The molecule has 1 aliphatic rings. The fourth-order valence-electron chi connectivity index (χ4n) is 2.77. The van der Waals surface area contributed by atoms with Gasteiger partial charge in [-0.2, -0.15) is 0 Å². The predicted octanol–water partition coefficient (Wildman–Crippen LogP) is 4.00. The lowest BCUT2D eigenvalue weighted by Gasteiger charge is -2.33. The number of benzene rings is 1. The average Bonchev–Trinajstić information content (AvgIpc) is 2.50. The Balaban J connectivity index is 1.85. The van der Waals surface area contributed by atoms with Gasteiger partial charge >= 0.3 is 0 Å². The van der Waals surface area contributed by atoms with E-state index in [9.17, 15) is 9.18 Å². The van der Waals surface area contributed by atoms with Crippen molar-refractivity contribution >= 4 is 17.5 Å². The summed E-state index contributed by atoms with van der Waals surface area (Å²) in [5.74, 6) is -0.0524. The van der Waals surface area contributed by atoms with Crippen molar-refractivity contribution < 1.29 is 9.18 Å². The van der Waals surface area contributed by atoms with E-state index >= 15 is 0 Å². The van der Waals surface area contributed by atoms with Crippen molar-refractivity contribution in [2.75, 3.05) is 13.1 Å². The molecule has 1 fully saturated rings. The van der Waals surface area contributed by atoms with E-state index in [1.54, 1.807) is 12.1 Å². The largest absolute Gasteiger partial charge is 0.351 e. The molecule has 1 aliphatic heterocycles. The highest BCUT2D eigenvalue weighted by Crippen LogP contribution is 2.22. The molecule has 0 atom stereocenters. The molecule has 0 radical (unpaired) electrons. The van der Waals surface area contributed by atoms with Gasteiger partial charge < -0.3 is 5.32 Å². The first-order chi connectivity index (χ1) is 10.8. The van der Waals surface area contributed by atoms with Crippen LogP contribution in [0.5, 0.6) is 0 Å². The fourth-order valence-corrected chi connectivity index (χ4v) is 2.93. The van der Waals surface area contributed by atoms with E-state index in [-0.39, 0.29) is 23.2 Å². The topological polar surface area (TPSA) is 32.3 Å². The number of carbonyl (C=O) groups excluding carboxylic acids is 1. The average molecular weight is 341 g/mol. The lowest BCUT2D eigenvalue weighted by Crippen LogP contribution is -2.48. The number of nitrogens with zero attached hydrogens (tertiary/aromatic N) is 1. The zero-order valence-electron chi connectivity index (χ0n) is 14.2. The minimum absolute atomic E-state index is 0.0622. The van der Waals surface area contributed by atoms with Crippen LogP contribution in [0.15, 0.2) is 18.2 Å². The van der Waals surface area contributed by atoms with E-state index in [0.717, 1.165) is 32.4 Å². The van der Waals surface area contributed by atoms with Crippen LogP contribution in [0, 0.1) is 11.7 Å². The van der Waals surface area contributed by atoms with Gasteiger partial charge in [-0.3, -0.25) is 9.69 Å². The van der Waals surface area contributed by atoms with Crippen molar-refractivity contribution in [1.82, 2.24) is 10.2 Å². The molecule has 0 unspecified atom stereocenters. The molecule has 1 heterocycles. The Hall–Kier alpha value is -1.13. The first-order valence-corrected chi connectivity index (χ1v) is 8.67. The lowest BCUT2D eigenvalue weighted by atomic mass is 9.93. The van der Waals surface area contributed by atoms with E-state index in [2.05, 4.69) is 17.1 Å². The van der Waals surface area contributed by atoms with Crippen molar-refractivity contribution in [3.8, 4) is 0 Å². The minimum atomic E-state index is -0.262. The molecule has 0 bridgehead atoms. The molecule has 0 aromatic heterocycles. The second-order valence-electron chi connectivity index (χ2n) is 7.01. The molecule has 1 amide bonds. The van der Waals surface area contributed by atoms with Crippen molar-refractivity contribution in [3.05, 3.63) is 34.6 Å². The van der Waals surface area contributed by atoms with Crippen molar-refractivity contribution in [1.29, 1.82) is 0 Å². The number of carbonyl (C=O) groups is 1. The fraction of sp³-hybridized carbons (Fsp3) is 0.611. The van der Waals surface area contributed by atoms with Crippen LogP contribution in [0.1, 0.15) is 45.6 Å². The maximum atomic E-state index is 13.9. The SMILES string of the molecule is CCC(C)(C)NC(=O)C1CCN(Cc2ccc(Cl)cc2F)CC1. The molecule has 1 saturated heterocycles. The van der Waals surface area contributed by atoms with Gasteiger partial charge in [-0.1, -0.05) is 24.6 Å². The van der Waals surface area contributed by atoms with Gasteiger partial charge in [0, 0.05) is 28.6 Å². The third kappa shape index (κ3) is 5.18. The smallest absolute Gasteiger partial charge is 0.223 e. The number of rotatable bonds is 5. The van der Waals surface area contributed by atoms with Crippen molar-refractivity contribution in [2.45, 2.75) is 52.1 Å². The number of likely N-dealkylation sites (tertiary alicyclic amines) is 1. The Bertz CT molecular complexity index is 554. The predicted molar refractivity (Wildman–Crippen MR) is 91.9 cm³/mol. The van der Waals surface area contributed by atoms with Gasteiger partial charge in [-0.25, -0.2) is 4.39 Å². The molecule has 1 N–H and O–H groups in total. The minimum Gasteiger partial charge on any atom is -0.351 e. The van der Waals surface area contributed by atoms with Gasteiger partial charge in [0.1, 0.15) is 5.82 Å². The van der Waals surface area contributed by atoms with Gasteiger partial charge in [-0.15, -0.1) is 0 Å². The van der Waals surface area contributed by atoms with Crippen molar-refractivity contribution in [3.63, 3.8) is 0 Å². The summed E-state index contributed by atoms with van der Waals surface area (Å²) in [6, 6.07) is 4.80. The van der Waals surface area contributed by atoms with Crippen LogP contribution in [-0.2, 0) is 11.3 Å². The summed E-state index contributed by atoms with van der Waals surface area (Å²) < 4.78 is 13.9. The van der Waals surface area contributed by atoms with Gasteiger partial charge in [0.05, 0.1) is 0 Å². The third-order valence-corrected chi connectivity index (χ3v) is 4.95. The molecule has 5 heteroatoms. The second-order valence-corrected chi connectivity index (χ2v) is 7.45. The zero-order chi connectivity index (χ0) is 17.0. The molecule has 0 saturated carbocycles. The molecule has 1 aromatic rings. The molecular weight excluding hydrogens is 315 g/mol. The number of piperidine rings is 1. The highest BCUT2D eigenvalue weighted by Gasteiger charge is 2.28. The summed E-state index contributed by atoms with van der Waals surface area (Å²) in [6.45, 7) is 8.35. The van der Waals surface area contributed by atoms with E-state index in [1.807, 2.05) is 13.8 Å². The Morgan fingerprint density at radius 1 is 1.39 bits per heavy atom. The molecule has 2 rings (SSSR count). The first-order valence-electron chi connectivity index (χ1n) is 8.29. The number of nitrogens with one attached hydrogen (secondary N) is 1. The molecule has 128 valence electrons. The van der Waals surface area contributed by atoms with Gasteiger partial charge in [0.15, 0.2) is 0 Å². The molecule has 0 aliphatic carbocycles. The summed E-state index contributed by atoms with van der Waals surface area (Å²) in [7, 11) is 0. The van der Waals surface area contributed by atoms with Gasteiger partial charge in [-0.05, 0) is 58.3 Å². The van der Waals surface area contributed by atoms with Crippen LogP contribution in [0.4, 0.5) is 4.39 Å². The van der Waals surface area contributed by atoms with E-state index in [1.165, 1.54) is 6.07 Å². The second kappa shape index (κ2) is 7.63. The van der Waals surface area contributed by atoms with Crippen LogP contribution < -0.4 is 5.32 Å². The normalized spacial score (nSPS) is 17.3. The highest BCUT2D eigenvalue weighted by atomic mass is 35.5. The van der Waals surface area contributed by atoms with Crippen molar-refractivity contribution in [2.24, 2.45) is 5.92 Å². The summed E-state index contributed by atoms with van der Waals surface area (Å²) in [5.41, 5.74) is 0.505. The lowest BCUT2D eigenvalue weighted by molar-refractivity contribution is -0.128. The molecule has 23 heavy (non-hydrogen) atoms. The monoisotopic (exact) mass is 340 g/mol. The number of hydrogen-bond acceptors (Lipinski definition) is 2. The third-order valence-electron chi connectivity index (χ3n) is 4.71. The zero-order valence-corrected chi connectivity index (χ0v) is 14.9. The van der Waals surface area contributed by atoms with E-state index < -0.39 is 0 Å². The maximum Gasteiger partial charge on any atom is 0.223 e. The quantitative estimate of drug-likeness (QED) is 0.878. The van der Waals surface area contributed by atoms with Gasteiger partial charge in [0.25, 0.3) is 0 Å². The van der Waals surface area contributed by atoms with Crippen LogP contribution in [0.25, 0.3) is 0 Å². The van der Waals surface area contributed by atoms with Crippen LogP contribution in [0.2, 0.25) is 5.02 Å². The van der Waals surface area contributed by atoms with Crippen LogP contribution >= 0.6 is 11.6 Å². The highest BCUT2D eigenvalue weighted by molar-refractivity contribution is 6.30. The number of halogens is 2. The van der Waals surface area contributed by atoms with Crippen LogP contribution in [-0.4, -0.2) is 29.4 Å². The summed E-state index contributed by atoms with van der Waals surface area (Å²) in [5, 5.41) is 3.54. The summed E-state index contributed by atoms with van der Waals surface area (Å²) >= 11 is 5.78. The Labute approximate surface area is 143 Å². The van der Waals surface area contributed by atoms with Gasteiger partial charge in [0.2, 0.25) is 5.91 Å². The maximum absolute atomic E-state index is 13.9. The Morgan fingerprint density at radius 2 is 2.04 bits per heavy atom. The molecule has 3 nitrogen and oxygen atoms in total. The summed E-state index contributed by atoms with van der Waals surface area (Å²) in [4.78, 5) is 14.5. The molecule has 0 spiro atoms. The Morgan fingerprint density at radius 3 is 2.61 bits per heavy atom.